The second kappa shape index (κ2) is 10.2. The number of rotatable bonds is 6. The van der Waals surface area contributed by atoms with Crippen molar-refractivity contribution in [2.75, 3.05) is 0 Å². The summed E-state index contributed by atoms with van der Waals surface area (Å²) >= 11 is 0. The molecule has 2 aromatic heterocycles. The Bertz CT molecular complexity index is 898. The average Bonchev–Trinajstić information content (AvgIpc) is 3.17. The van der Waals surface area contributed by atoms with Gasteiger partial charge in [-0.05, 0) is 26.3 Å². The summed E-state index contributed by atoms with van der Waals surface area (Å²) in [5.41, 5.74) is 2.04. The predicted molar refractivity (Wildman–Crippen MR) is 118 cm³/mol. The average molecular weight is 495 g/mol. The molecule has 0 bridgehead atoms. The minimum Gasteiger partial charge on any atom is -0.444 e. The first kappa shape index (κ1) is 21.9. The number of aromatic nitrogens is 4. The molecule has 2 N–H and O–H groups in total. The summed E-state index contributed by atoms with van der Waals surface area (Å²) in [5.74, 6) is 3.83. The molecular weight excluding hydrogens is 469 g/mol. The molecule has 0 fully saturated rings. The van der Waals surface area contributed by atoms with E-state index in [9.17, 15) is 0 Å². The highest BCUT2D eigenvalue weighted by Gasteiger charge is 2.09. The molecule has 3 aromatic rings. The van der Waals surface area contributed by atoms with E-state index in [4.69, 9.17) is 4.42 Å². The van der Waals surface area contributed by atoms with E-state index in [1.807, 2.05) is 62.7 Å². The normalized spacial score (nSPS) is 11.2. The maximum atomic E-state index is 5.63. The van der Waals surface area contributed by atoms with Gasteiger partial charge >= 0.3 is 0 Å². The number of nitrogens with zero attached hydrogens (tertiary/aromatic N) is 5. The van der Waals surface area contributed by atoms with Crippen LogP contribution in [0.1, 0.15) is 34.6 Å². The van der Waals surface area contributed by atoms with Crippen molar-refractivity contribution in [2.24, 2.45) is 12.0 Å². The van der Waals surface area contributed by atoms with Crippen molar-refractivity contribution in [3.63, 3.8) is 0 Å². The third-order valence-corrected chi connectivity index (χ3v) is 4.34. The summed E-state index contributed by atoms with van der Waals surface area (Å²) in [5, 5.41) is 14.8. The van der Waals surface area contributed by atoms with E-state index in [1.54, 1.807) is 0 Å². The molecule has 8 nitrogen and oxygen atoms in total. The second-order valence-electron chi connectivity index (χ2n) is 6.33. The summed E-state index contributed by atoms with van der Waals surface area (Å²) in [6, 6.07) is 10.1. The van der Waals surface area contributed by atoms with Gasteiger partial charge < -0.3 is 19.6 Å². The summed E-state index contributed by atoms with van der Waals surface area (Å²) in [6.45, 7) is 7.30. The molecule has 150 valence electrons. The number of hydrogen-bond acceptors (Lipinski definition) is 5. The van der Waals surface area contributed by atoms with Gasteiger partial charge in [-0.1, -0.05) is 30.3 Å². The highest BCUT2D eigenvalue weighted by Crippen LogP contribution is 2.08. The Balaban J connectivity index is 0.00000280. The lowest BCUT2D eigenvalue weighted by atomic mass is 10.2. The Morgan fingerprint density at radius 3 is 2.39 bits per heavy atom. The van der Waals surface area contributed by atoms with E-state index in [0.717, 1.165) is 28.7 Å². The third-order valence-electron chi connectivity index (χ3n) is 4.34. The Morgan fingerprint density at radius 2 is 1.79 bits per heavy atom. The minimum atomic E-state index is 0. The Morgan fingerprint density at radius 1 is 1.07 bits per heavy atom. The fourth-order valence-corrected chi connectivity index (χ4v) is 2.47. The molecule has 2 heterocycles. The minimum absolute atomic E-state index is 0. The van der Waals surface area contributed by atoms with Gasteiger partial charge in [0.2, 0.25) is 5.89 Å². The lowest BCUT2D eigenvalue weighted by Crippen LogP contribution is -2.37. The molecule has 0 unspecified atom stereocenters. The summed E-state index contributed by atoms with van der Waals surface area (Å²) in [6.07, 6.45) is 0. The standard InChI is InChI=1S/C19H25N7O.HI/c1-13-14(2)27-18(23-13)12-22-19(20-10-16-8-6-5-7-9-16)21-11-17-25-24-15(3)26(17)4;/h5-9H,10-12H2,1-4H3,(H2,20,21,22);1H. The molecule has 0 atom stereocenters. The van der Waals surface area contributed by atoms with Crippen LogP contribution in [-0.2, 0) is 26.7 Å². The van der Waals surface area contributed by atoms with Crippen LogP contribution in [0.25, 0.3) is 0 Å². The molecule has 0 amide bonds. The van der Waals surface area contributed by atoms with Gasteiger partial charge in [-0.3, -0.25) is 0 Å². The topological polar surface area (TPSA) is 93.2 Å². The van der Waals surface area contributed by atoms with Crippen LogP contribution in [0.5, 0.6) is 0 Å². The zero-order valence-corrected chi connectivity index (χ0v) is 18.9. The lowest BCUT2D eigenvalue weighted by Gasteiger charge is -2.11. The van der Waals surface area contributed by atoms with Gasteiger partial charge in [-0.2, -0.15) is 0 Å². The van der Waals surface area contributed by atoms with Gasteiger partial charge in [0.1, 0.15) is 11.6 Å². The zero-order chi connectivity index (χ0) is 19.2. The van der Waals surface area contributed by atoms with Crippen LogP contribution in [0.4, 0.5) is 0 Å². The van der Waals surface area contributed by atoms with Crippen molar-refractivity contribution in [1.29, 1.82) is 0 Å². The van der Waals surface area contributed by atoms with Gasteiger partial charge in [0.15, 0.2) is 11.8 Å². The first-order chi connectivity index (χ1) is 13.0. The molecule has 0 aliphatic heterocycles. The molecule has 0 aliphatic carbocycles. The second-order valence-corrected chi connectivity index (χ2v) is 6.33. The fraction of sp³-hybridized carbons (Fsp3) is 0.368. The molecule has 0 radical (unpaired) electrons. The van der Waals surface area contributed by atoms with E-state index >= 15 is 0 Å². The highest BCUT2D eigenvalue weighted by molar-refractivity contribution is 14.0. The van der Waals surface area contributed by atoms with E-state index in [2.05, 4.69) is 30.8 Å². The lowest BCUT2D eigenvalue weighted by molar-refractivity contribution is 0.463. The number of benzene rings is 1. The summed E-state index contributed by atoms with van der Waals surface area (Å²) < 4.78 is 7.58. The van der Waals surface area contributed by atoms with Crippen LogP contribution >= 0.6 is 24.0 Å². The Labute approximate surface area is 181 Å². The van der Waals surface area contributed by atoms with E-state index in [1.165, 1.54) is 0 Å². The van der Waals surface area contributed by atoms with Crippen LogP contribution in [0, 0.1) is 20.8 Å². The molecule has 0 saturated heterocycles. The number of guanidine groups is 1. The van der Waals surface area contributed by atoms with Gasteiger partial charge in [-0.25, -0.2) is 9.98 Å². The zero-order valence-electron chi connectivity index (χ0n) is 16.6. The first-order valence-electron chi connectivity index (χ1n) is 8.87. The highest BCUT2D eigenvalue weighted by atomic mass is 127. The molecule has 0 saturated carbocycles. The quantitative estimate of drug-likeness (QED) is 0.311. The first-order valence-corrected chi connectivity index (χ1v) is 8.87. The van der Waals surface area contributed by atoms with E-state index in [-0.39, 0.29) is 24.0 Å². The Kier molecular flexibility index (Phi) is 7.97. The summed E-state index contributed by atoms with van der Waals surface area (Å²) in [4.78, 5) is 9.06. The molecule has 9 heteroatoms. The maximum absolute atomic E-state index is 5.63. The molecule has 28 heavy (non-hydrogen) atoms. The summed E-state index contributed by atoms with van der Waals surface area (Å²) in [7, 11) is 1.94. The monoisotopic (exact) mass is 495 g/mol. The van der Waals surface area contributed by atoms with Gasteiger partial charge in [0.25, 0.3) is 0 Å². The Hall–Kier alpha value is -2.43. The van der Waals surface area contributed by atoms with E-state index < -0.39 is 0 Å². The largest absolute Gasteiger partial charge is 0.444 e. The van der Waals surface area contributed by atoms with Crippen LogP contribution < -0.4 is 10.6 Å². The van der Waals surface area contributed by atoms with Crippen LogP contribution in [0.2, 0.25) is 0 Å². The van der Waals surface area contributed by atoms with Crippen LogP contribution in [-0.4, -0.2) is 25.7 Å². The van der Waals surface area contributed by atoms with Gasteiger partial charge in [0, 0.05) is 7.05 Å². The van der Waals surface area contributed by atoms with Crippen molar-refractivity contribution in [3.05, 3.63) is 64.9 Å². The van der Waals surface area contributed by atoms with E-state index in [0.29, 0.717) is 31.5 Å². The van der Waals surface area contributed by atoms with Crippen molar-refractivity contribution >= 4 is 29.9 Å². The fourth-order valence-electron chi connectivity index (χ4n) is 2.47. The molecule has 0 spiro atoms. The van der Waals surface area contributed by atoms with Crippen molar-refractivity contribution in [2.45, 2.75) is 40.4 Å². The number of aliphatic imine (C=N–C) groups is 1. The molecule has 3 rings (SSSR count). The molecule has 1 aromatic carbocycles. The number of nitrogens with one attached hydrogen (secondary N) is 2. The third kappa shape index (κ3) is 5.78. The predicted octanol–water partition coefficient (Wildman–Crippen LogP) is 2.78. The SMILES string of the molecule is Cc1nc(CNC(=NCc2ccccc2)NCc2nnc(C)n2C)oc1C.I. The number of hydrogen-bond donors (Lipinski definition) is 2. The van der Waals surface area contributed by atoms with Crippen molar-refractivity contribution in [1.82, 2.24) is 30.4 Å². The van der Waals surface area contributed by atoms with Crippen LogP contribution in [0.3, 0.4) is 0 Å². The number of aryl methyl sites for hydroxylation is 3. The molecular formula is C19H26IN7O. The molecule has 0 aliphatic rings. The maximum Gasteiger partial charge on any atom is 0.214 e. The smallest absolute Gasteiger partial charge is 0.214 e. The number of halogens is 1. The van der Waals surface area contributed by atoms with Crippen molar-refractivity contribution < 1.29 is 4.42 Å². The number of oxazole rings is 1. The van der Waals surface area contributed by atoms with Gasteiger partial charge in [-0.15, -0.1) is 34.2 Å². The van der Waals surface area contributed by atoms with Crippen LogP contribution in [0.15, 0.2) is 39.7 Å². The van der Waals surface area contributed by atoms with Crippen molar-refractivity contribution in [3.8, 4) is 0 Å². The van der Waals surface area contributed by atoms with Gasteiger partial charge in [0.05, 0.1) is 25.3 Å².